The molecule has 2 atom stereocenters. The van der Waals surface area contributed by atoms with E-state index in [-0.39, 0.29) is 11.8 Å². The maximum absolute atomic E-state index is 11.1. The third-order valence-corrected chi connectivity index (χ3v) is 3.16. The highest BCUT2D eigenvalue weighted by Gasteiger charge is 2.34. The van der Waals surface area contributed by atoms with E-state index in [0.717, 1.165) is 31.5 Å². The molecule has 1 aromatic heterocycles. The summed E-state index contributed by atoms with van der Waals surface area (Å²) in [5, 5.41) is 13.1. The van der Waals surface area contributed by atoms with Gasteiger partial charge in [-0.05, 0) is 12.8 Å². The van der Waals surface area contributed by atoms with E-state index in [1.807, 2.05) is 7.05 Å². The van der Waals surface area contributed by atoms with Crippen LogP contribution in [0.5, 0.6) is 0 Å². The Kier molecular flexibility index (Phi) is 2.70. The molecule has 0 aromatic carbocycles. The Bertz CT molecular complexity index is 361. The number of carbonyl (C=O) groups is 1. The highest BCUT2D eigenvalue weighted by atomic mass is 16.4. The van der Waals surface area contributed by atoms with E-state index in [1.165, 1.54) is 6.33 Å². The molecule has 82 valence electrons. The van der Waals surface area contributed by atoms with Crippen LogP contribution in [0.25, 0.3) is 0 Å². The first-order chi connectivity index (χ1) is 7.20. The van der Waals surface area contributed by atoms with Crippen molar-refractivity contribution in [1.82, 2.24) is 14.8 Å². The summed E-state index contributed by atoms with van der Waals surface area (Å²) in [6.45, 7) is 0. The normalized spacial score (nSPS) is 26.5. The number of hydrogen-bond donors (Lipinski definition) is 1. The van der Waals surface area contributed by atoms with Crippen LogP contribution in [0, 0.1) is 5.92 Å². The van der Waals surface area contributed by atoms with Gasteiger partial charge in [0.15, 0.2) is 0 Å². The fourth-order valence-electron chi connectivity index (χ4n) is 2.38. The zero-order valence-electron chi connectivity index (χ0n) is 8.76. The Morgan fingerprint density at radius 3 is 2.87 bits per heavy atom. The maximum atomic E-state index is 11.1. The van der Waals surface area contributed by atoms with Crippen molar-refractivity contribution in [3.05, 3.63) is 12.2 Å². The SMILES string of the molecule is Cn1ncnc1C1CCCCC1C(=O)O. The first-order valence-corrected chi connectivity index (χ1v) is 5.27. The molecule has 0 saturated heterocycles. The number of nitrogens with zero attached hydrogens (tertiary/aromatic N) is 3. The molecular weight excluding hydrogens is 194 g/mol. The van der Waals surface area contributed by atoms with E-state index in [2.05, 4.69) is 10.1 Å². The Hall–Kier alpha value is -1.39. The van der Waals surface area contributed by atoms with Gasteiger partial charge >= 0.3 is 5.97 Å². The molecule has 1 aliphatic carbocycles. The molecule has 0 amide bonds. The molecule has 2 rings (SSSR count). The second-order valence-corrected chi connectivity index (χ2v) is 4.08. The maximum Gasteiger partial charge on any atom is 0.307 e. The molecule has 0 radical (unpaired) electrons. The quantitative estimate of drug-likeness (QED) is 0.794. The van der Waals surface area contributed by atoms with E-state index in [4.69, 9.17) is 5.11 Å². The molecular formula is C10H15N3O2. The first kappa shape index (κ1) is 10.1. The van der Waals surface area contributed by atoms with E-state index >= 15 is 0 Å². The second-order valence-electron chi connectivity index (χ2n) is 4.08. The van der Waals surface area contributed by atoms with Crippen LogP contribution in [0.2, 0.25) is 0 Å². The van der Waals surface area contributed by atoms with Gasteiger partial charge in [-0.3, -0.25) is 9.48 Å². The van der Waals surface area contributed by atoms with Gasteiger partial charge in [0.1, 0.15) is 12.2 Å². The van der Waals surface area contributed by atoms with Gasteiger partial charge < -0.3 is 5.11 Å². The number of aliphatic carboxylic acids is 1. The molecule has 1 N–H and O–H groups in total. The molecule has 1 heterocycles. The minimum absolute atomic E-state index is 0.0312. The van der Waals surface area contributed by atoms with Crippen LogP contribution in [0.4, 0.5) is 0 Å². The molecule has 2 unspecified atom stereocenters. The zero-order chi connectivity index (χ0) is 10.8. The molecule has 1 aromatic rings. The van der Waals surface area contributed by atoms with E-state index in [1.54, 1.807) is 4.68 Å². The molecule has 15 heavy (non-hydrogen) atoms. The number of carboxylic acid groups (broad SMARTS) is 1. The molecule has 0 bridgehead atoms. The number of aromatic nitrogens is 3. The predicted molar refractivity (Wildman–Crippen MR) is 53.3 cm³/mol. The van der Waals surface area contributed by atoms with E-state index in [0.29, 0.717) is 0 Å². The summed E-state index contributed by atoms with van der Waals surface area (Å²) in [5.41, 5.74) is 0. The minimum Gasteiger partial charge on any atom is -0.481 e. The standard InChI is InChI=1S/C10H15N3O2/c1-13-9(11-6-12-13)7-4-2-3-5-8(7)10(14)15/h6-8H,2-5H2,1H3,(H,14,15). The Morgan fingerprint density at radius 1 is 1.53 bits per heavy atom. The lowest BCUT2D eigenvalue weighted by atomic mass is 9.79. The van der Waals surface area contributed by atoms with Crippen molar-refractivity contribution in [3.63, 3.8) is 0 Å². The van der Waals surface area contributed by atoms with Gasteiger partial charge in [-0.15, -0.1) is 0 Å². The van der Waals surface area contributed by atoms with Crippen molar-refractivity contribution in [2.24, 2.45) is 13.0 Å². The Balaban J connectivity index is 2.25. The molecule has 1 aliphatic rings. The lowest BCUT2D eigenvalue weighted by molar-refractivity contribution is -0.143. The smallest absolute Gasteiger partial charge is 0.307 e. The lowest BCUT2D eigenvalue weighted by Gasteiger charge is -2.27. The van der Waals surface area contributed by atoms with Crippen molar-refractivity contribution in [1.29, 1.82) is 0 Å². The van der Waals surface area contributed by atoms with Crippen LogP contribution in [0.3, 0.4) is 0 Å². The molecule has 1 fully saturated rings. The van der Waals surface area contributed by atoms with Gasteiger partial charge in [0.25, 0.3) is 0 Å². The van der Waals surface area contributed by atoms with E-state index < -0.39 is 5.97 Å². The lowest BCUT2D eigenvalue weighted by Crippen LogP contribution is -2.27. The van der Waals surface area contributed by atoms with Gasteiger partial charge in [0.2, 0.25) is 0 Å². The van der Waals surface area contributed by atoms with Crippen LogP contribution in [0.15, 0.2) is 6.33 Å². The van der Waals surface area contributed by atoms with Crippen molar-refractivity contribution in [2.45, 2.75) is 31.6 Å². The van der Waals surface area contributed by atoms with Gasteiger partial charge in [-0.1, -0.05) is 12.8 Å². The first-order valence-electron chi connectivity index (χ1n) is 5.27. The van der Waals surface area contributed by atoms with Gasteiger partial charge in [0.05, 0.1) is 5.92 Å². The summed E-state index contributed by atoms with van der Waals surface area (Å²) < 4.78 is 1.69. The van der Waals surface area contributed by atoms with Crippen LogP contribution in [-0.2, 0) is 11.8 Å². The minimum atomic E-state index is -0.706. The number of hydrogen-bond acceptors (Lipinski definition) is 3. The monoisotopic (exact) mass is 209 g/mol. The number of aryl methyl sites for hydroxylation is 1. The van der Waals surface area contributed by atoms with Crippen LogP contribution < -0.4 is 0 Å². The average Bonchev–Trinajstić information content (AvgIpc) is 2.64. The zero-order valence-corrected chi connectivity index (χ0v) is 8.76. The van der Waals surface area contributed by atoms with Gasteiger partial charge in [0, 0.05) is 13.0 Å². The largest absolute Gasteiger partial charge is 0.481 e. The Labute approximate surface area is 88.1 Å². The number of rotatable bonds is 2. The summed E-state index contributed by atoms with van der Waals surface area (Å²) >= 11 is 0. The Morgan fingerprint density at radius 2 is 2.27 bits per heavy atom. The topological polar surface area (TPSA) is 68.0 Å². The van der Waals surface area contributed by atoms with Crippen LogP contribution in [-0.4, -0.2) is 25.8 Å². The molecule has 0 spiro atoms. The molecule has 0 aliphatic heterocycles. The summed E-state index contributed by atoms with van der Waals surface area (Å²) in [6.07, 6.45) is 5.24. The molecule has 5 heteroatoms. The van der Waals surface area contributed by atoms with E-state index in [9.17, 15) is 4.79 Å². The van der Waals surface area contributed by atoms with Crippen LogP contribution in [0.1, 0.15) is 37.4 Å². The summed E-state index contributed by atoms with van der Waals surface area (Å²) in [6, 6.07) is 0. The van der Waals surface area contributed by atoms with Crippen molar-refractivity contribution < 1.29 is 9.90 Å². The summed E-state index contributed by atoms with van der Waals surface area (Å²) in [4.78, 5) is 15.3. The summed E-state index contributed by atoms with van der Waals surface area (Å²) in [7, 11) is 1.82. The number of carboxylic acids is 1. The van der Waals surface area contributed by atoms with Crippen molar-refractivity contribution >= 4 is 5.97 Å². The molecule has 5 nitrogen and oxygen atoms in total. The average molecular weight is 209 g/mol. The summed E-state index contributed by atoms with van der Waals surface area (Å²) in [5.74, 6) is -0.157. The highest BCUT2D eigenvalue weighted by Crippen LogP contribution is 2.36. The van der Waals surface area contributed by atoms with Gasteiger partial charge in [-0.2, -0.15) is 5.10 Å². The molecule has 1 saturated carbocycles. The predicted octanol–water partition coefficient (Wildman–Crippen LogP) is 1.17. The van der Waals surface area contributed by atoms with Gasteiger partial charge in [-0.25, -0.2) is 4.98 Å². The fraction of sp³-hybridized carbons (Fsp3) is 0.700. The third-order valence-electron chi connectivity index (χ3n) is 3.16. The van der Waals surface area contributed by atoms with Crippen molar-refractivity contribution in [3.8, 4) is 0 Å². The second kappa shape index (κ2) is 4.00. The fourth-order valence-corrected chi connectivity index (χ4v) is 2.38. The third kappa shape index (κ3) is 1.86. The van der Waals surface area contributed by atoms with Crippen molar-refractivity contribution in [2.75, 3.05) is 0 Å². The van der Waals surface area contributed by atoms with Crippen LogP contribution >= 0.6 is 0 Å². The highest BCUT2D eigenvalue weighted by molar-refractivity contribution is 5.71.